The molecule has 5 heterocycles. The van der Waals surface area contributed by atoms with Crippen LogP contribution in [0.4, 0.5) is 0 Å². The second-order valence-electron chi connectivity index (χ2n) is 13.5. The number of aromatic amines is 4. The molecular weight excluding hydrogens is 585 g/mol. The third kappa shape index (κ3) is 2.55. The molecule has 0 aliphatic carbocycles. The van der Waals surface area contributed by atoms with Crippen molar-refractivity contribution in [1.82, 2.24) is 19.9 Å². The maximum Gasteiger partial charge on any atom is 0.146 e. The van der Waals surface area contributed by atoms with Gasteiger partial charge in [-0.1, -0.05) is 0 Å². The minimum absolute atomic E-state index is 1.12. The van der Waals surface area contributed by atoms with Gasteiger partial charge in [0.15, 0.2) is 0 Å². The molecule has 8 aromatic carbocycles. The Bertz CT molecular complexity index is 3100. The van der Waals surface area contributed by atoms with Crippen LogP contribution in [0, 0.1) is 0 Å². The highest BCUT2D eigenvalue weighted by atomic mass is 14.8. The van der Waals surface area contributed by atoms with Crippen LogP contribution < -0.4 is 0 Å². The summed E-state index contributed by atoms with van der Waals surface area (Å²) in [6.45, 7) is 0. The zero-order valence-electron chi connectivity index (χ0n) is 25.5. The normalized spacial score (nSPS) is 13.0. The summed E-state index contributed by atoms with van der Waals surface area (Å²) in [7, 11) is 0. The van der Waals surface area contributed by atoms with Gasteiger partial charge in [0, 0.05) is 24.3 Å². The minimum atomic E-state index is 1.12. The molecule has 5 aromatic heterocycles. The molecule has 0 atom stereocenters. The van der Waals surface area contributed by atoms with E-state index >= 15 is 0 Å². The molecule has 0 amide bonds. The predicted octanol–water partition coefficient (Wildman–Crippen LogP) is 12.3. The van der Waals surface area contributed by atoms with Gasteiger partial charge < -0.3 is 19.9 Å². The molecule has 0 saturated heterocycles. The molecule has 0 aliphatic rings. The van der Waals surface area contributed by atoms with Crippen LogP contribution in [0.25, 0.3) is 130 Å². The number of nitrogens with one attached hydrogen (secondary N) is 4. The lowest BCUT2D eigenvalue weighted by Gasteiger charge is -1.88. The highest BCUT2D eigenvalue weighted by Gasteiger charge is 2.33. The van der Waals surface area contributed by atoms with E-state index in [-0.39, 0.29) is 0 Å². The molecule has 4 N–H and O–H groups in total. The van der Waals surface area contributed by atoms with Crippen molar-refractivity contribution in [2.75, 3.05) is 0 Å². The summed E-state index contributed by atoms with van der Waals surface area (Å²) in [6.07, 6.45) is 0. The standard InChI is InChI=1S/C44H24N4/c1-5-13-25-21(9-1)33-29-17-18-30(45-29)34-23-11-3-7-15-27(23)39-40-28-16-8-4-12-24(28)36(44(40)48-43(34)39)32-20-19-31(46-32)35-22-10-2-6-14-26(22)38-37(25)41(33)47-42(35)38/h1-20,45-48H/q+4. The van der Waals surface area contributed by atoms with Crippen molar-refractivity contribution < 1.29 is 0 Å². The molecule has 0 fully saturated rings. The van der Waals surface area contributed by atoms with Crippen LogP contribution in [0.15, 0.2) is 121 Å². The van der Waals surface area contributed by atoms with Gasteiger partial charge in [-0.15, -0.1) is 0 Å². The van der Waals surface area contributed by atoms with Gasteiger partial charge in [-0.25, -0.2) is 0 Å². The predicted molar refractivity (Wildman–Crippen MR) is 205 cm³/mol. The zero-order chi connectivity index (χ0) is 30.8. The monoisotopic (exact) mass is 608 g/mol. The van der Waals surface area contributed by atoms with Gasteiger partial charge >= 0.3 is 0 Å². The van der Waals surface area contributed by atoms with Crippen molar-refractivity contribution in [1.29, 1.82) is 0 Å². The molecule has 0 saturated carbocycles. The average molecular weight is 609 g/mol. The Balaban J connectivity index is 1.41. The Morgan fingerprint density at radius 3 is 0.792 bits per heavy atom. The van der Waals surface area contributed by atoms with Crippen molar-refractivity contribution in [2.45, 2.75) is 0 Å². The Morgan fingerprint density at radius 1 is 0.271 bits per heavy atom. The first-order chi connectivity index (χ1) is 23.8. The fourth-order valence-electron chi connectivity index (χ4n) is 9.54. The Kier molecular flexibility index (Phi) is 3.90. The van der Waals surface area contributed by atoms with E-state index in [1.165, 1.54) is 108 Å². The molecule has 0 radical (unpaired) electrons. The van der Waals surface area contributed by atoms with E-state index in [9.17, 15) is 0 Å². The molecule has 48 heavy (non-hydrogen) atoms. The molecule has 13 rings (SSSR count). The number of hydrogen-bond acceptors (Lipinski definition) is 0. The van der Waals surface area contributed by atoms with Gasteiger partial charge in [0.05, 0.1) is 45.8 Å². The third-order valence-corrected chi connectivity index (χ3v) is 11.3. The molecule has 8 bridgehead atoms. The first kappa shape index (κ1) is 23.8. The van der Waals surface area contributed by atoms with Gasteiger partial charge in [-0.2, -0.15) is 0 Å². The number of H-pyrrole nitrogens is 4. The van der Waals surface area contributed by atoms with Gasteiger partial charge in [0.25, 0.3) is 0 Å². The molecule has 216 valence electrons. The topological polar surface area (TPSA) is 63.2 Å². The summed E-state index contributed by atoms with van der Waals surface area (Å²) < 4.78 is 0. The number of benzene rings is 4. The van der Waals surface area contributed by atoms with Crippen LogP contribution >= 0.6 is 0 Å². The summed E-state index contributed by atoms with van der Waals surface area (Å²) >= 11 is 0. The molecule has 0 spiro atoms. The van der Waals surface area contributed by atoms with Crippen molar-refractivity contribution >= 4 is 130 Å². The van der Waals surface area contributed by atoms with E-state index in [2.05, 4.69) is 141 Å². The summed E-state index contributed by atoms with van der Waals surface area (Å²) in [5, 5.41) is 20.2. The lowest BCUT2D eigenvalue weighted by atomic mass is 10.1. The van der Waals surface area contributed by atoms with E-state index in [0.717, 1.165) is 22.1 Å². The quantitative estimate of drug-likeness (QED) is 0.124. The summed E-state index contributed by atoms with van der Waals surface area (Å²) in [4.78, 5) is 15.9. The number of aromatic nitrogens is 4. The molecular formula is C44H24N4+4. The number of rotatable bonds is 0. The van der Waals surface area contributed by atoms with Crippen LogP contribution in [0.1, 0.15) is 0 Å². The molecule has 13 aromatic rings. The van der Waals surface area contributed by atoms with Gasteiger partial charge in [-0.05, 0) is 72.8 Å². The third-order valence-electron chi connectivity index (χ3n) is 11.3. The molecule has 4 heteroatoms. The fourth-order valence-corrected chi connectivity index (χ4v) is 9.54. The smallest absolute Gasteiger partial charge is 0.146 e. The summed E-state index contributed by atoms with van der Waals surface area (Å²) in [5.41, 5.74) is 9.22. The van der Waals surface area contributed by atoms with Crippen LogP contribution in [0.2, 0.25) is 0 Å². The lowest BCUT2D eigenvalue weighted by molar-refractivity contribution is 1.55. The second kappa shape index (κ2) is 7.88. The SMILES string of the molecule is c1ccc2c(c1)c1c3c4ccccc4[c+]4c5ccc([nH]5)[c+]5c6ccccc6c6c7c8ccccc8[c+](c8ccc([nH]8)[c+]2c1[nH]c34)c7[nH]c65. The zero-order valence-corrected chi connectivity index (χ0v) is 25.5. The highest BCUT2D eigenvalue weighted by Crippen LogP contribution is 2.49. The van der Waals surface area contributed by atoms with Gasteiger partial charge in [-0.3, -0.25) is 0 Å². The second-order valence-corrected chi connectivity index (χ2v) is 13.5. The number of fused-ring (bicyclic) bond motifs is 22. The Morgan fingerprint density at radius 2 is 0.521 bits per heavy atom. The lowest BCUT2D eigenvalue weighted by Crippen LogP contribution is -1.74. The summed E-state index contributed by atoms with van der Waals surface area (Å²) in [5.74, 6) is 0. The maximum absolute atomic E-state index is 4.02. The van der Waals surface area contributed by atoms with E-state index < -0.39 is 0 Å². The van der Waals surface area contributed by atoms with Crippen molar-refractivity contribution in [3.8, 4) is 0 Å². The summed E-state index contributed by atoms with van der Waals surface area (Å²) in [6, 6.07) is 44.6. The minimum Gasteiger partial charge on any atom is -0.327 e. The van der Waals surface area contributed by atoms with E-state index in [4.69, 9.17) is 0 Å². The number of hydrogen-bond donors (Lipinski definition) is 4. The molecule has 0 unspecified atom stereocenters. The first-order valence-electron chi connectivity index (χ1n) is 16.6. The van der Waals surface area contributed by atoms with Crippen molar-refractivity contribution in [3.05, 3.63) is 121 Å². The van der Waals surface area contributed by atoms with Gasteiger partial charge in [0.1, 0.15) is 109 Å². The largest absolute Gasteiger partial charge is 0.327 e. The van der Waals surface area contributed by atoms with Gasteiger partial charge in [0.2, 0.25) is 0 Å². The fraction of sp³-hybridized carbons (Fsp3) is 0. The van der Waals surface area contributed by atoms with Crippen LogP contribution in [0.3, 0.4) is 0 Å². The maximum atomic E-state index is 4.02. The van der Waals surface area contributed by atoms with Crippen molar-refractivity contribution in [3.63, 3.8) is 0 Å². The van der Waals surface area contributed by atoms with E-state index in [0.29, 0.717) is 0 Å². The first-order valence-corrected chi connectivity index (χ1v) is 16.6. The van der Waals surface area contributed by atoms with E-state index in [1.54, 1.807) is 0 Å². The molecule has 4 nitrogen and oxygen atoms in total. The Hall–Kier alpha value is -6.52. The van der Waals surface area contributed by atoms with Crippen LogP contribution in [-0.2, 0) is 0 Å². The molecule has 0 aliphatic heterocycles. The highest BCUT2D eigenvalue weighted by molar-refractivity contribution is 6.45. The van der Waals surface area contributed by atoms with Crippen LogP contribution in [0.5, 0.6) is 0 Å². The van der Waals surface area contributed by atoms with E-state index in [1.807, 2.05) is 0 Å². The Labute approximate surface area is 270 Å². The van der Waals surface area contributed by atoms with Crippen molar-refractivity contribution in [2.24, 2.45) is 0 Å². The average Bonchev–Trinajstić information content (AvgIpc) is 3.96. The van der Waals surface area contributed by atoms with Crippen LogP contribution in [-0.4, -0.2) is 19.9 Å².